The van der Waals surface area contributed by atoms with Crippen molar-refractivity contribution in [2.24, 2.45) is 7.05 Å². The molecule has 0 aliphatic carbocycles. The predicted molar refractivity (Wildman–Crippen MR) is 135 cm³/mol. The number of piperidine rings is 1. The third-order valence-corrected chi connectivity index (χ3v) is 7.36. The van der Waals surface area contributed by atoms with E-state index in [0.29, 0.717) is 31.1 Å². The number of carbonyl (C=O) groups is 1. The lowest BCUT2D eigenvalue weighted by atomic mass is 10.0. The van der Waals surface area contributed by atoms with Gasteiger partial charge in [-0.1, -0.05) is 24.3 Å². The molecular weight excluding hydrogens is 426 g/mol. The van der Waals surface area contributed by atoms with Gasteiger partial charge < -0.3 is 24.8 Å². The molecule has 0 spiro atoms. The van der Waals surface area contributed by atoms with Crippen LogP contribution in [0.4, 0.5) is 5.95 Å². The zero-order chi connectivity index (χ0) is 23.7. The van der Waals surface area contributed by atoms with Gasteiger partial charge >= 0.3 is 0 Å². The van der Waals surface area contributed by atoms with Crippen LogP contribution in [-0.4, -0.2) is 74.7 Å². The quantitative estimate of drug-likeness (QED) is 0.589. The number of anilines is 1. The van der Waals surface area contributed by atoms with Crippen molar-refractivity contribution in [3.63, 3.8) is 0 Å². The van der Waals surface area contributed by atoms with Crippen LogP contribution < -0.4 is 5.32 Å². The van der Waals surface area contributed by atoms with Gasteiger partial charge in [0.25, 0.3) is 5.91 Å². The van der Waals surface area contributed by atoms with Crippen molar-refractivity contribution in [3.8, 4) is 0 Å². The van der Waals surface area contributed by atoms with E-state index in [9.17, 15) is 9.90 Å². The molecule has 1 amide bonds. The van der Waals surface area contributed by atoms with Gasteiger partial charge in [-0.25, -0.2) is 4.98 Å². The maximum absolute atomic E-state index is 12.7. The first kappa shape index (κ1) is 22.9. The van der Waals surface area contributed by atoms with Crippen molar-refractivity contribution in [1.82, 2.24) is 19.4 Å². The predicted octanol–water partition coefficient (Wildman–Crippen LogP) is 3.29. The summed E-state index contributed by atoms with van der Waals surface area (Å²) in [4.78, 5) is 21.7. The van der Waals surface area contributed by atoms with E-state index in [1.165, 1.54) is 5.56 Å². The second-order valence-electron chi connectivity index (χ2n) is 10.2. The first-order valence-corrected chi connectivity index (χ1v) is 12.4. The van der Waals surface area contributed by atoms with Crippen LogP contribution in [0.15, 0.2) is 48.5 Å². The van der Waals surface area contributed by atoms with Crippen LogP contribution in [0.25, 0.3) is 11.0 Å². The smallest absolute Gasteiger partial charge is 0.253 e. The van der Waals surface area contributed by atoms with Crippen LogP contribution >= 0.6 is 0 Å². The van der Waals surface area contributed by atoms with E-state index in [4.69, 9.17) is 4.98 Å². The Morgan fingerprint density at radius 2 is 1.85 bits per heavy atom. The standard InChI is InChI=1S/C27H35N5O2/c1-27(34)14-18-32(19-27)25(33)21-9-7-20(8-10-21)11-15-31-16-12-22(13-17-31)28-26-29-23-5-3-4-6-24(23)30(26)2/h3-10,22,34H,11-19H2,1-2H3,(H,28,29). The highest BCUT2D eigenvalue weighted by Crippen LogP contribution is 2.23. The van der Waals surface area contributed by atoms with Gasteiger partial charge in [-0.15, -0.1) is 0 Å². The van der Waals surface area contributed by atoms with Crippen molar-refractivity contribution in [2.75, 3.05) is 38.0 Å². The third-order valence-electron chi connectivity index (χ3n) is 7.36. The van der Waals surface area contributed by atoms with E-state index >= 15 is 0 Å². The number of aromatic nitrogens is 2. The minimum Gasteiger partial charge on any atom is -0.388 e. The van der Waals surface area contributed by atoms with E-state index < -0.39 is 5.60 Å². The van der Waals surface area contributed by atoms with Gasteiger partial charge in [0.05, 0.1) is 16.6 Å². The lowest BCUT2D eigenvalue weighted by Gasteiger charge is -2.32. The molecule has 1 unspecified atom stereocenters. The fourth-order valence-electron chi connectivity index (χ4n) is 5.16. The normalized spacial score (nSPS) is 21.9. The molecule has 7 nitrogen and oxygen atoms in total. The topological polar surface area (TPSA) is 73.6 Å². The summed E-state index contributed by atoms with van der Waals surface area (Å²) in [6.07, 6.45) is 3.84. The van der Waals surface area contributed by atoms with Gasteiger partial charge in [0.1, 0.15) is 0 Å². The third kappa shape index (κ3) is 4.95. The van der Waals surface area contributed by atoms with Crippen molar-refractivity contribution in [3.05, 3.63) is 59.7 Å². The molecule has 0 saturated carbocycles. The van der Waals surface area contributed by atoms with E-state index in [2.05, 4.69) is 52.2 Å². The maximum atomic E-state index is 12.7. The number of amides is 1. The molecule has 2 aliphatic heterocycles. The number of nitrogens with zero attached hydrogens (tertiary/aromatic N) is 4. The van der Waals surface area contributed by atoms with E-state index in [0.717, 1.165) is 55.9 Å². The summed E-state index contributed by atoms with van der Waals surface area (Å²) in [6.45, 7) is 6.01. The Morgan fingerprint density at radius 1 is 1.12 bits per heavy atom. The largest absolute Gasteiger partial charge is 0.388 e. The summed E-state index contributed by atoms with van der Waals surface area (Å²) in [7, 11) is 2.07. The zero-order valence-electron chi connectivity index (χ0n) is 20.2. The van der Waals surface area contributed by atoms with Gasteiger partial charge in [0, 0.05) is 51.4 Å². The van der Waals surface area contributed by atoms with Gasteiger partial charge in [-0.05, 0) is 62.4 Å². The molecule has 2 fully saturated rings. The number of aliphatic hydroxyl groups is 1. The molecule has 3 aromatic rings. The van der Waals surface area contributed by atoms with E-state index in [-0.39, 0.29) is 5.91 Å². The van der Waals surface area contributed by atoms with Crippen LogP contribution in [0.2, 0.25) is 0 Å². The number of para-hydroxylation sites is 2. The number of nitrogens with one attached hydrogen (secondary N) is 1. The van der Waals surface area contributed by atoms with Crippen LogP contribution in [0.3, 0.4) is 0 Å². The Bertz CT molecular complexity index is 1150. The van der Waals surface area contributed by atoms with E-state index in [1.807, 2.05) is 18.2 Å². The summed E-state index contributed by atoms with van der Waals surface area (Å²) < 4.78 is 2.14. The number of carbonyl (C=O) groups excluding carboxylic acids is 1. The molecule has 0 radical (unpaired) electrons. The Labute approximate surface area is 201 Å². The molecular formula is C27H35N5O2. The molecule has 0 bridgehead atoms. The summed E-state index contributed by atoms with van der Waals surface area (Å²) >= 11 is 0. The number of aryl methyl sites for hydroxylation is 1. The van der Waals surface area contributed by atoms with Crippen LogP contribution in [-0.2, 0) is 13.5 Å². The van der Waals surface area contributed by atoms with Crippen molar-refractivity contribution < 1.29 is 9.90 Å². The minimum atomic E-state index is -0.760. The minimum absolute atomic E-state index is 0.0134. The molecule has 2 aromatic carbocycles. The van der Waals surface area contributed by atoms with Crippen molar-refractivity contribution in [1.29, 1.82) is 0 Å². The summed E-state index contributed by atoms with van der Waals surface area (Å²) in [5.41, 5.74) is 3.39. The first-order chi connectivity index (χ1) is 16.4. The molecule has 2 aliphatic rings. The van der Waals surface area contributed by atoms with Crippen LogP contribution in [0, 0.1) is 0 Å². The molecule has 5 rings (SSSR count). The molecule has 3 heterocycles. The lowest BCUT2D eigenvalue weighted by molar-refractivity contribution is 0.0572. The van der Waals surface area contributed by atoms with Gasteiger partial charge in [-0.2, -0.15) is 0 Å². The Kier molecular flexibility index (Phi) is 6.32. The summed E-state index contributed by atoms with van der Waals surface area (Å²) in [6, 6.07) is 16.7. The Hall–Kier alpha value is -2.90. The fraction of sp³-hybridized carbons (Fsp3) is 0.481. The van der Waals surface area contributed by atoms with Crippen molar-refractivity contribution in [2.45, 2.75) is 44.2 Å². The number of β-amino-alcohol motifs (C(OH)–C–C–N with tert-alkyl or cyclic N) is 1. The maximum Gasteiger partial charge on any atom is 0.253 e. The number of hydrogen-bond acceptors (Lipinski definition) is 5. The first-order valence-electron chi connectivity index (χ1n) is 12.4. The van der Waals surface area contributed by atoms with Crippen molar-refractivity contribution >= 4 is 22.9 Å². The number of rotatable bonds is 6. The fourth-order valence-corrected chi connectivity index (χ4v) is 5.16. The second-order valence-corrected chi connectivity index (χ2v) is 10.2. The Morgan fingerprint density at radius 3 is 2.53 bits per heavy atom. The molecule has 34 heavy (non-hydrogen) atoms. The van der Waals surface area contributed by atoms with Crippen LogP contribution in [0.1, 0.15) is 42.1 Å². The highest BCUT2D eigenvalue weighted by Gasteiger charge is 2.34. The molecule has 7 heteroatoms. The Balaban J connectivity index is 1.08. The van der Waals surface area contributed by atoms with Gasteiger partial charge in [-0.3, -0.25) is 4.79 Å². The lowest BCUT2D eigenvalue weighted by Crippen LogP contribution is -2.40. The molecule has 2 saturated heterocycles. The molecule has 2 N–H and O–H groups in total. The number of benzene rings is 2. The highest BCUT2D eigenvalue weighted by atomic mass is 16.3. The highest BCUT2D eigenvalue weighted by molar-refractivity contribution is 5.94. The molecule has 1 aromatic heterocycles. The van der Waals surface area contributed by atoms with Crippen LogP contribution in [0.5, 0.6) is 0 Å². The zero-order valence-corrected chi connectivity index (χ0v) is 20.2. The monoisotopic (exact) mass is 461 g/mol. The number of imidazole rings is 1. The van der Waals surface area contributed by atoms with Gasteiger partial charge in [0.15, 0.2) is 0 Å². The number of hydrogen-bond donors (Lipinski definition) is 2. The summed E-state index contributed by atoms with van der Waals surface area (Å²) in [5, 5.41) is 13.8. The molecule has 1 atom stereocenters. The number of likely N-dealkylation sites (tertiary alicyclic amines) is 2. The van der Waals surface area contributed by atoms with E-state index in [1.54, 1.807) is 11.8 Å². The average molecular weight is 462 g/mol. The second kappa shape index (κ2) is 9.39. The number of fused-ring (bicyclic) bond motifs is 1. The molecule has 180 valence electrons. The SMILES string of the molecule is Cn1c(NC2CCN(CCc3ccc(C(=O)N4CCC(C)(O)C4)cc3)CC2)nc2ccccc21. The average Bonchev–Trinajstić information content (AvgIpc) is 3.37. The summed E-state index contributed by atoms with van der Waals surface area (Å²) in [5.74, 6) is 0.964. The van der Waals surface area contributed by atoms with Gasteiger partial charge in [0.2, 0.25) is 5.95 Å².